The van der Waals surface area contributed by atoms with E-state index in [0.717, 1.165) is 51.7 Å². The highest BCUT2D eigenvalue weighted by atomic mass is 16.2. The molecule has 0 bridgehead atoms. The molecule has 1 amide bonds. The van der Waals surface area contributed by atoms with E-state index in [0.29, 0.717) is 23.6 Å². The lowest BCUT2D eigenvalue weighted by Gasteiger charge is -2.42. The summed E-state index contributed by atoms with van der Waals surface area (Å²) < 4.78 is 0. The molecule has 1 saturated carbocycles. The summed E-state index contributed by atoms with van der Waals surface area (Å²) in [6.45, 7) is 5.63. The van der Waals surface area contributed by atoms with Gasteiger partial charge in [0, 0.05) is 24.8 Å². The van der Waals surface area contributed by atoms with Crippen LogP contribution in [0.3, 0.4) is 0 Å². The van der Waals surface area contributed by atoms with Gasteiger partial charge in [-0.25, -0.2) is 0 Å². The van der Waals surface area contributed by atoms with Gasteiger partial charge in [-0.3, -0.25) is 9.78 Å². The zero-order chi connectivity index (χ0) is 24.0. The fourth-order valence-electron chi connectivity index (χ4n) is 5.70. The molecule has 1 aliphatic heterocycles. The van der Waals surface area contributed by atoms with E-state index in [4.69, 9.17) is 0 Å². The molecule has 0 spiro atoms. The van der Waals surface area contributed by atoms with E-state index in [2.05, 4.69) is 82.4 Å². The van der Waals surface area contributed by atoms with Crippen LogP contribution in [0.15, 0.2) is 85.1 Å². The molecule has 5 rings (SSSR count). The molecule has 1 aromatic heterocycles. The molecule has 2 fully saturated rings. The quantitative estimate of drug-likeness (QED) is 0.398. The minimum Gasteiger partial charge on any atom is -0.331 e. The minimum atomic E-state index is 0.106. The molecule has 35 heavy (non-hydrogen) atoms. The fourth-order valence-corrected chi connectivity index (χ4v) is 5.70. The van der Waals surface area contributed by atoms with Gasteiger partial charge >= 0.3 is 0 Å². The standard InChI is InChI=1S/C31H37N3O/c1-24(26-12-6-3-7-13-26)23-33-20-17-27(18-21-33)30(22-25-10-4-2-5-11-25)34(28-15-16-28)31(35)29-14-8-9-19-32-29/h2-14,19,24,27-28,30H,15-18,20-23H2,1H3/t24-,30-/m0/s1. The number of piperidine rings is 1. The van der Waals surface area contributed by atoms with Gasteiger partial charge in [0.05, 0.1) is 0 Å². The van der Waals surface area contributed by atoms with Gasteiger partial charge < -0.3 is 9.80 Å². The molecule has 4 nitrogen and oxygen atoms in total. The maximum atomic E-state index is 13.7. The summed E-state index contributed by atoms with van der Waals surface area (Å²) in [6.07, 6.45) is 7.14. The number of carbonyl (C=O) groups is 1. The van der Waals surface area contributed by atoms with Crippen molar-refractivity contribution in [2.75, 3.05) is 19.6 Å². The van der Waals surface area contributed by atoms with E-state index >= 15 is 0 Å². The summed E-state index contributed by atoms with van der Waals surface area (Å²) in [5.41, 5.74) is 3.31. The molecule has 3 aromatic rings. The number of pyridine rings is 1. The predicted molar refractivity (Wildman–Crippen MR) is 141 cm³/mol. The van der Waals surface area contributed by atoms with Crippen LogP contribution in [0.25, 0.3) is 0 Å². The average Bonchev–Trinajstić information content (AvgIpc) is 3.75. The van der Waals surface area contributed by atoms with Crippen LogP contribution in [0.4, 0.5) is 0 Å². The second-order valence-corrected chi connectivity index (χ2v) is 10.4. The van der Waals surface area contributed by atoms with Gasteiger partial charge in [-0.05, 0) is 80.3 Å². The van der Waals surface area contributed by atoms with E-state index in [-0.39, 0.29) is 11.9 Å². The van der Waals surface area contributed by atoms with E-state index < -0.39 is 0 Å². The SMILES string of the molecule is C[C@@H](CN1CCC([C@H](Cc2ccccc2)N(C(=O)c2ccccn2)C2CC2)CC1)c1ccccc1. The number of hydrogen-bond acceptors (Lipinski definition) is 3. The van der Waals surface area contributed by atoms with E-state index in [1.165, 1.54) is 11.1 Å². The van der Waals surface area contributed by atoms with E-state index in [9.17, 15) is 4.79 Å². The van der Waals surface area contributed by atoms with E-state index in [1.807, 2.05) is 18.2 Å². The van der Waals surface area contributed by atoms with Gasteiger partial charge in [-0.1, -0.05) is 73.7 Å². The Labute approximate surface area is 210 Å². The van der Waals surface area contributed by atoms with Gasteiger partial charge in [0.1, 0.15) is 5.69 Å². The number of hydrogen-bond donors (Lipinski definition) is 0. The topological polar surface area (TPSA) is 36.4 Å². The Balaban J connectivity index is 1.31. The number of rotatable bonds is 9. The van der Waals surface area contributed by atoms with Crippen LogP contribution in [0, 0.1) is 5.92 Å². The second-order valence-electron chi connectivity index (χ2n) is 10.4. The maximum Gasteiger partial charge on any atom is 0.272 e. The number of aromatic nitrogens is 1. The highest BCUT2D eigenvalue weighted by Gasteiger charge is 2.42. The zero-order valence-corrected chi connectivity index (χ0v) is 20.8. The Hall–Kier alpha value is -2.98. The van der Waals surface area contributed by atoms with Crippen LogP contribution in [0.5, 0.6) is 0 Å². The molecule has 0 radical (unpaired) electrons. The Morgan fingerprint density at radius 1 is 0.914 bits per heavy atom. The molecule has 2 atom stereocenters. The third-order valence-corrected chi connectivity index (χ3v) is 7.78. The van der Waals surface area contributed by atoms with Crippen molar-refractivity contribution < 1.29 is 4.79 Å². The molecular formula is C31H37N3O. The third-order valence-electron chi connectivity index (χ3n) is 7.78. The lowest BCUT2D eigenvalue weighted by molar-refractivity contribution is 0.0479. The van der Waals surface area contributed by atoms with Crippen molar-refractivity contribution in [2.24, 2.45) is 5.92 Å². The lowest BCUT2D eigenvalue weighted by atomic mass is 9.84. The largest absolute Gasteiger partial charge is 0.331 e. The Kier molecular flexibility index (Phi) is 7.58. The number of carbonyl (C=O) groups excluding carboxylic acids is 1. The summed E-state index contributed by atoms with van der Waals surface area (Å²) in [5.74, 6) is 1.14. The molecule has 1 aliphatic carbocycles. The molecule has 0 N–H and O–H groups in total. The van der Waals surface area contributed by atoms with Crippen LogP contribution in [0.1, 0.15) is 60.1 Å². The van der Waals surface area contributed by atoms with Crippen LogP contribution in [-0.4, -0.2) is 52.4 Å². The maximum absolute atomic E-state index is 13.7. The summed E-state index contributed by atoms with van der Waals surface area (Å²) in [6, 6.07) is 27.8. The van der Waals surface area contributed by atoms with Crippen molar-refractivity contribution >= 4 is 5.91 Å². The van der Waals surface area contributed by atoms with Crippen molar-refractivity contribution in [3.63, 3.8) is 0 Å². The fraction of sp³-hybridized carbons (Fsp3) is 0.419. The Bertz CT molecular complexity index is 1060. The van der Waals surface area contributed by atoms with Crippen LogP contribution in [0.2, 0.25) is 0 Å². The van der Waals surface area contributed by atoms with Crippen molar-refractivity contribution in [1.29, 1.82) is 0 Å². The van der Waals surface area contributed by atoms with Gasteiger partial charge in [0.2, 0.25) is 0 Å². The van der Waals surface area contributed by atoms with Gasteiger partial charge in [-0.2, -0.15) is 0 Å². The number of benzene rings is 2. The smallest absolute Gasteiger partial charge is 0.272 e. The third kappa shape index (κ3) is 5.99. The first kappa shape index (κ1) is 23.7. The first-order valence-electron chi connectivity index (χ1n) is 13.2. The number of nitrogens with zero attached hydrogens (tertiary/aromatic N) is 3. The van der Waals surface area contributed by atoms with Crippen LogP contribution < -0.4 is 0 Å². The van der Waals surface area contributed by atoms with Gasteiger partial charge in [0.25, 0.3) is 5.91 Å². The van der Waals surface area contributed by atoms with Crippen LogP contribution >= 0.6 is 0 Å². The van der Waals surface area contributed by atoms with Gasteiger partial charge in [-0.15, -0.1) is 0 Å². The molecule has 2 aliphatic rings. The molecule has 2 aromatic carbocycles. The summed E-state index contributed by atoms with van der Waals surface area (Å²) in [5, 5.41) is 0. The zero-order valence-electron chi connectivity index (χ0n) is 20.8. The molecule has 182 valence electrons. The normalized spacial score (nSPS) is 18.7. The number of likely N-dealkylation sites (tertiary alicyclic amines) is 1. The molecule has 2 heterocycles. The lowest BCUT2D eigenvalue weighted by Crippen LogP contribution is -2.50. The summed E-state index contributed by atoms with van der Waals surface area (Å²) in [4.78, 5) is 23.0. The minimum absolute atomic E-state index is 0.106. The van der Waals surface area contributed by atoms with Gasteiger partial charge in [0.15, 0.2) is 0 Å². The van der Waals surface area contributed by atoms with Crippen molar-refractivity contribution in [2.45, 2.75) is 57.0 Å². The van der Waals surface area contributed by atoms with Crippen molar-refractivity contribution in [1.82, 2.24) is 14.8 Å². The highest BCUT2D eigenvalue weighted by molar-refractivity contribution is 5.93. The van der Waals surface area contributed by atoms with Crippen LogP contribution in [-0.2, 0) is 6.42 Å². The Morgan fingerprint density at radius 3 is 2.20 bits per heavy atom. The summed E-state index contributed by atoms with van der Waals surface area (Å²) >= 11 is 0. The highest BCUT2D eigenvalue weighted by Crippen LogP contribution is 2.36. The number of amides is 1. The summed E-state index contributed by atoms with van der Waals surface area (Å²) in [7, 11) is 0. The van der Waals surface area contributed by atoms with E-state index in [1.54, 1.807) is 6.20 Å². The first-order valence-corrected chi connectivity index (χ1v) is 13.2. The molecule has 0 unspecified atom stereocenters. The molecule has 4 heteroatoms. The molecular weight excluding hydrogens is 430 g/mol. The average molecular weight is 468 g/mol. The monoisotopic (exact) mass is 467 g/mol. The first-order chi connectivity index (χ1) is 17.2. The van der Waals surface area contributed by atoms with Crippen molar-refractivity contribution in [3.05, 3.63) is 102 Å². The predicted octanol–water partition coefficient (Wildman–Crippen LogP) is 5.81. The Morgan fingerprint density at radius 2 is 1.57 bits per heavy atom. The molecule has 1 saturated heterocycles. The van der Waals surface area contributed by atoms with Crippen molar-refractivity contribution in [3.8, 4) is 0 Å². The second kappa shape index (κ2) is 11.2.